The van der Waals surface area contributed by atoms with Gasteiger partial charge in [-0.25, -0.2) is 0 Å². The van der Waals surface area contributed by atoms with E-state index >= 15 is 0 Å². The number of ether oxygens (including phenoxy) is 1. The summed E-state index contributed by atoms with van der Waals surface area (Å²) in [6.45, 7) is 0. The highest BCUT2D eigenvalue weighted by atomic mass is 16.5. The Hall–Kier alpha value is -1.80. The first-order valence-corrected chi connectivity index (χ1v) is 7.72. The summed E-state index contributed by atoms with van der Waals surface area (Å²) in [4.78, 5) is 0. The smallest absolute Gasteiger partial charge is 0.118 e. The summed E-state index contributed by atoms with van der Waals surface area (Å²) in [5.41, 5.74) is 4.36. The summed E-state index contributed by atoms with van der Waals surface area (Å²) < 4.78 is 5.26. The lowest BCUT2D eigenvalue weighted by Crippen LogP contribution is -2.26. The van der Waals surface area contributed by atoms with Gasteiger partial charge in [0, 0.05) is 12.0 Å². The first-order chi connectivity index (χ1) is 10.3. The molecule has 2 nitrogen and oxygen atoms in total. The predicted molar refractivity (Wildman–Crippen MR) is 86.9 cm³/mol. The van der Waals surface area contributed by atoms with Gasteiger partial charge < -0.3 is 10.1 Å². The van der Waals surface area contributed by atoms with Crippen molar-refractivity contribution < 1.29 is 4.74 Å². The van der Waals surface area contributed by atoms with Crippen molar-refractivity contribution in [1.82, 2.24) is 5.32 Å². The van der Waals surface area contributed by atoms with Gasteiger partial charge in [-0.3, -0.25) is 0 Å². The highest BCUT2D eigenvalue weighted by molar-refractivity contribution is 5.37. The molecule has 0 saturated heterocycles. The second kappa shape index (κ2) is 6.31. The minimum atomic E-state index is 0.359. The van der Waals surface area contributed by atoms with Crippen LogP contribution in [0, 0.1) is 0 Å². The molecular weight excluding hydrogens is 258 g/mol. The fraction of sp³-hybridized carbons (Fsp3) is 0.368. The molecule has 2 aromatic carbocycles. The van der Waals surface area contributed by atoms with Crippen molar-refractivity contribution in [2.45, 2.75) is 31.2 Å². The third-order valence-electron chi connectivity index (χ3n) is 4.60. The van der Waals surface area contributed by atoms with Crippen LogP contribution in [0.15, 0.2) is 48.5 Å². The second-order valence-corrected chi connectivity index (χ2v) is 5.74. The molecule has 2 atom stereocenters. The third-order valence-corrected chi connectivity index (χ3v) is 4.60. The van der Waals surface area contributed by atoms with Gasteiger partial charge in [-0.2, -0.15) is 0 Å². The molecule has 0 aliphatic heterocycles. The number of hydrogen-bond donors (Lipinski definition) is 1. The van der Waals surface area contributed by atoms with Crippen molar-refractivity contribution in [1.29, 1.82) is 0 Å². The van der Waals surface area contributed by atoms with Crippen molar-refractivity contribution in [3.05, 3.63) is 65.2 Å². The van der Waals surface area contributed by atoms with Crippen LogP contribution >= 0.6 is 0 Å². The van der Waals surface area contributed by atoms with E-state index in [-0.39, 0.29) is 0 Å². The predicted octanol–water partition coefficient (Wildman–Crippen LogP) is 4.08. The number of nitrogens with one attached hydrogen (secondary N) is 1. The normalized spacial score (nSPS) is 18.9. The zero-order valence-electron chi connectivity index (χ0n) is 12.8. The molecule has 0 heterocycles. The van der Waals surface area contributed by atoms with Crippen LogP contribution in [0.3, 0.4) is 0 Å². The minimum absolute atomic E-state index is 0.359. The lowest BCUT2D eigenvalue weighted by molar-refractivity contribution is 0.411. The van der Waals surface area contributed by atoms with Gasteiger partial charge in [0.1, 0.15) is 5.75 Å². The Bertz CT molecular complexity index is 591. The Morgan fingerprint density at radius 1 is 1.10 bits per heavy atom. The molecule has 0 bridgehead atoms. The molecule has 21 heavy (non-hydrogen) atoms. The molecule has 2 heteroatoms. The standard InChI is InChI=1S/C19H23NO/c1-20-19(15-10-12-16(21-2)13-11-15)18-9-5-7-14-6-3-4-8-17(14)18/h3-4,6,8,10-13,18-20H,5,7,9H2,1-2H3. The van der Waals surface area contributed by atoms with Gasteiger partial charge in [0.2, 0.25) is 0 Å². The Labute approximate surface area is 127 Å². The third kappa shape index (κ3) is 2.81. The van der Waals surface area contributed by atoms with E-state index in [1.165, 1.54) is 36.0 Å². The van der Waals surface area contributed by atoms with Crippen molar-refractivity contribution in [3.8, 4) is 5.75 Å². The topological polar surface area (TPSA) is 21.3 Å². The monoisotopic (exact) mass is 281 g/mol. The molecule has 0 saturated carbocycles. The zero-order chi connectivity index (χ0) is 14.7. The van der Waals surface area contributed by atoms with E-state index in [2.05, 4.69) is 60.9 Å². The van der Waals surface area contributed by atoms with Crippen molar-refractivity contribution in [3.63, 3.8) is 0 Å². The number of benzene rings is 2. The molecule has 1 aliphatic rings. The Balaban J connectivity index is 1.93. The molecule has 1 aliphatic carbocycles. The Morgan fingerprint density at radius 2 is 1.86 bits per heavy atom. The van der Waals surface area contributed by atoms with Gasteiger partial charge in [0.15, 0.2) is 0 Å². The van der Waals surface area contributed by atoms with Gasteiger partial charge in [-0.05, 0) is 55.1 Å². The molecule has 0 amide bonds. The molecule has 0 fully saturated rings. The molecule has 0 radical (unpaired) electrons. The molecule has 1 N–H and O–H groups in total. The first-order valence-electron chi connectivity index (χ1n) is 7.72. The lowest BCUT2D eigenvalue weighted by Gasteiger charge is -2.32. The van der Waals surface area contributed by atoms with E-state index in [1.54, 1.807) is 7.11 Å². The van der Waals surface area contributed by atoms with Gasteiger partial charge in [0.05, 0.1) is 7.11 Å². The minimum Gasteiger partial charge on any atom is -0.497 e. The molecule has 2 unspecified atom stereocenters. The average molecular weight is 281 g/mol. The summed E-state index contributed by atoms with van der Waals surface area (Å²) in [5, 5.41) is 3.53. The SMILES string of the molecule is CNC(c1ccc(OC)cc1)C1CCCc2ccccc21. The summed E-state index contributed by atoms with van der Waals surface area (Å²) in [5.74, 6) is 1.46. The van der Waals surface area contributed by atoms with E-state index in [4.69, 9.17) is 4.74 Å². The zero-order valence-corrected chi connectivity index (χ0v) is 12.8. The van der Waals surface area contributed by atoms with Crippen LogP contribution in [0.4, 0.5) is 0 Å². The number of methoxy groups -OCH3 is 1. The number of likely N-dealkylation sites (N-methyl/N-ethyl adjacent to an activating group) is 1. The maximum atomic E-state index is 5.26. The van der Waals surface area contributed by atoms with Crippen molar-refractivity contribution >= 4 is 0 Å². The van der Waals surface area contributed by atoms with E-state index in [1.807, 2.05) is 0 Å². The van der Waals surface area contributed by atoms with Gasteiger partial charge in [0.25, 0.3) is 0 Å². The largest absolute Gasteiger partial charge is 0.497 e. The van der Waals surface area contributed by atoms with Gasteiger partial charge in [-0.15, -0.1) is 0 Å². The Morgan fingerprint density at radius 3 is 2.57 bits per heavy atom. The first kappa shape index (κ1) is 14.2. The fourth-order valence-electron chi connectivity index (χ4n) is 3.55. The molecule has 0 aromatic heterocycles. The van der Waals surface area contributed by atoms with E-state index in [0.29, 0.717) is 12.0 Å². The van der Waals surface area contributed by atoms with Crippen LogP contribution in [-0.2, 0) is 6.42 Å². The van der Waals surface area contributed by atoms with Crippen LogP contribution in [0.2, 0.25) is 0 Å². The van der Waals surface area contributed by atoms with Crippen LogP contribution in [0.1, 0.15) is 41.5 Å². The number of rotatable bonds is 4. The molecule has 3 rings (SSSR count). The van der Waals surface area contributed by atoms with Gasteiger partial charge in [-0.1, -0.05) is 36.4 Å². The maximum absolute atomic E-state index is 5.26. The summed E-state index contributed by atoms with van der Waals surface area (Å²) in [6.07, 6.45) is 3.73. The number of fused-ring (bicyclic) bond motifs is 1. The summed E-state index contributed by atoms with van der Waals surface area (Å²) >= 11 is 0. The quantitative estimate of drug-likeness (QED) is 0.912. The maximum Gasteiger partial charge on any atom is 0.118 e. The highest BCUT2D eigenvalue weighted by Crippen LogP contribution is 2.40. The molecular formula is C19H23NO. The van der Waals surface area contributed by atoms with Crippen LogP contribution in [0.25, 0.3) is 0 Å². The molecule has 2 aromatic rings. The van der Waals surface area contributed by atoms with Crippen molar-refractivity contribution in [2.24, 2.45) is 0 Å². The number of aryl methyl sites for hydroxylation is 1. The second-order valence-electron chi connectivity index (χ2n) is 5.74. The highest BCUT2D eigenvalue weighted by Gasteiger charge is 2.27. The Kier molecular flexibility index (Phi) is 4.26. The van der Waals surface area contributed by atoms with Gasteiger partial charge >= 0.3 is 0 Å². The van der Waals surface area contributed by atoms with Crippen LogP contribution in [0.5, 0.6) is 5.75 Å². The molecule has 110 valence electrons. The summed E-state index contributed by atoms with van der Waals surface area (Å²) in [7, 11) is 3.77. The average Bonchev–Trinajstić information content (AvgIpc) is 2.56. The summed E-state index contributed by atoms with van der Waals surface area (Å²) in [6, 6.07) is 17.7. The van der Waals surface area contributed by atoms with Crippen LogP contribution < -0.4 is 10.1 Å². The lowest BCUT2D eigenvalue weighted by atomic mass is 9.77. The van der Waals surface area contributed by atoms with Crippen LogP contribution in [-0.4, -0.2) is 14.2 Å². The number of hydrogen-bond acceptors (Lipinski definition) is 2. The van der Waals surface area contributed by atoms with E-state index < -0.39 is 0 Å². The van der Waals surface area contributed by atoms with Crippen molar-refractivity contribution in [2.75, 3.05) is 14.2 Å². The molecule has 0 spiro atoms. The van der Waals surface area contributed by atoms with E-state index in [0.717, 1.165) is 5.75 Å². The fourth-order valence-corrected chi connectivity index (χ4v) is 3.55. The van der Waals surface area contributed by atoms with E-state index in [9.17, 15) is 0 Å².